The third-order valence-corrected chi connectivity index (χ3v) is 4.94. The van der Waals surface area contributed by atoms with E-state index in [1.54, 1.807) is 13.2 Å². The van der Waals surface area contributed by atoms with Crippen LogP contribution in [0.25, 0.3) is 0 Å². The van der Waals surface area contributed by atoms with Crippen LogP contribution in [0.15, 0.2) is 34.9 Å². The molecule has 1 aromatic carbocycles. The maximum atomic E-state index is 12.3. The summed E-state index contributed by atoms with van der Waals surface area (Å²) >= 11 is 0. The lowest BCUT2D eigenvalue weighted by Gasteiger charge is -2.34. The molecule has 1 aromatic heterocycles. The van der Waals surface area contributed by atoms with Crippen LogP contribution in [0.3, 0.4) is 0 Å². The fourth-order valence-electron chi connectivity index (χ4n) is 3.16. The van der Waals surface area contributed by atoms with Gasteiger partial charge in [0.25, 0.3) is 0 Å². The molecule has 1 aliphatic heterocycles. The smallest absolute Gasteiger partial charge is 0.240 e. The predicted molar refractivity (Wildman–Crippen MR) is 109 cm³/mol. The zero-order chi connectivity index (χ0) is 20.1. The molecular weight excluding hydrogens is 356 g/mol. The summed E-state index contributed by atoms with van der Waals surface area (Å²) in [5, 5.41) is 6.84. The van der Waals surface area contributed by atoms with Gasteiger partial charge >= 0.3 is 0 Å². The molecule has 1 aliphatic rings. The van der Waals surface area contributed by atoms with Crippen LogP contribution in [0.4, 0.5) is 5.88 Å². The Labute approximate surface area is 166 Å². The van der Waals surface area contributed by atoms with Crippen molar-refractivity contribution in [2.45, 2.75) is 32.7 Å². The van der Waals surface area contributed by atoms with E-state index in [0.717, 1.165) is 44.2 Å². The zero-order valence-corrected chi connectivity index (χ0v) is 17.2. The molecule has 0 spiro atoms. The summed E-state index contributed by atoms with van der Waals surface area (Å²) in [5.41, 5.74) is 1.99. The standard InChI is InChI=1S/C21H30N4O3/c1-21(2,3)18-13-20(28-23-18)22-19(26)15-25-11-9-24(10-12-25)14-16-5-7-17(27-4)8-6-16/h5-8,13H,9-12,14-15H2,1-4H3,(H,22,26). The molecule has 152 valence electrons. The number of nitrogens with zero attached hydrogens (tertiary/aromatic N) is 3. The van der Waals surface area contributed by atoms with E-state index in [0.29, 0.717) is 12.4 Å². The van der Waals surface area contributed by atoms with Crippen molar-refractivity contribution >= 4 is 11.8 Å². The predicted octanol–water partition coefficient (Wildman–Crippen LogP) is 2.74. The number of ether oxygens (including phenoxy) is 1. The number of carbonyl (C=O) groups is 1. The van der Waals surface area contributed by atoms with Gasteiger partial charge in [-0.1, -0.05) is 38.1 Å². The molecule has 1 N–H and O–H groups in total. The van der Waals surface area contributed by atoms with Gasteiger partial charge in [-0.15, -0.1) is 0 Å². The van der Waals surface area contributed by atoms with Gasteiger partial charge in [0.2, 0.25) is 11.8 Å². The second-order valence-corrected chi connectivity index (χ2v) is 8.27. The number of nitrogens with one attached hydrogen (secondary N) is 1. The van der Waals surface area contributed by atoms with Crippen molar-refractivity contribution in [3.05, 3.63) is 41.6 Å². The largest absolute Gasteiger partial charge is 0.497 e. The number of amides is 1. The highest BCUT2D eigenvalue weighted by Crippen LogP contribution is 2.23. The summed E-state index contributed by atoms with van der Waals surface area (Å²) in [6.45, 7) is 11.1. The van der Waals surface area contributed by atoms with E-state index in [1.165, 1.54) is 5.56 Å². The van der Waals surface area contributed by atoms with Crippen molar-refractivity contribution < 1.29 is 14.1 Å². The normalized spacial score (nSPS) is 16.1. The molecule has 1 fully saturated rings. The van der Waals surface area contributed by atoms with E-state index in [9.17, 15) is 4.79 Å². The molecule has 1 amide bonds. The van der Waals surface area contributed by atoms with Crippen LogP contribution in [0, 0.1) is 0 Å². The Balaban J connectivity index is 1.42. The Kier molecular flexibility index (Phi) is 6.36. The Bertz CT molecular complexity index is 772. The van der Waals surface area contributed by atoms with Crippen LogP contribution in [0.2, 0.25) is 0 Å². The Morgan fingerprint density at radius 2 is 1.79 bits per heavy atom. The van der Waals surface area contributed by atoms with E-state index in [4.69, 9.17) is 9.26 Å². The molecule has 7 nitrogen and oxygen atoms in total. The number of aromatic nitrogens is 1. The third kappa shape index (κ3) is 5.56. The third-order valence-electron chi connectivity index (χ3n) is 4.94. The molecule has 1 saturated heterocycles. The van der Waals surface area contributed by atoms with Gasteiger partial charge in [0.15, 0.2) is 0 Å². The first-order valence-corrected chi connectivity index (χ1v) is 9.68. The number of hydrogen-bond donors (Lipinski definition) is 1. The highest BCUT2D eigenvalue weighted by Gasteiger charge is 2.22. The van der Waals surface area contributed by atoms with E-state index >= 15 is 0 Å². The summed E-state index contributed by atoms with van der Waals surface area (Å²) in [6, 6.07) is 9.98. The molecule has 0 unspecified atom stereocenters. The van der Waals surface area contributed by atoms with E-state index in [1.807, 2.05) is 12.1 Å². The molecule has 2 aromatic rings. The van der Waals surface area contributed by atoms with Crippen LogP contribution in [-0.4, -0.2) is 60.7 Å². The fraction of sp³-hybridized carbons (Fsp3) is 0.524. The molecule has 0 saturated carbocycles. The van der Waals surface area contributed by atoms with Crippen LogP contribution in [0.1, 0.15) is 32.0 Å². The van der Waals surface area contributed by atoms with Gasteiger partial charge in [0.05, 0.1) is 19.3 Å². The first kappa shape index (κ1) is 20.4. The molecule has 7 heteroatoms. The van der Waals surface area contributed by atoms with E-state index < -0.39 is 0 Å². The Morgan fingerprint density at radius 1 is 1.14 bits per heavy atom. The molecule has 28 heavy (non-hydrogen) atoms. The summed E-state index contributed by atoms with van der Waals surface area (Å²) in [5.74, 6) is 1.22. The number of carbonyl (C=O) groups excluding carboxylic acids is 1. The van der Waals surface area contributed by atoms with Gasteiger partial charge < -0.3 is 9.26 Å². The van der Waals surface area contributed by atoms with Gasteiger partial charge in [0.1, 0.15) is 5.75 Å². The fourth-order valence-corrected chi connectivity index (χ4v) is 3.16. The lowest BCUT2D eigenvalue weighted by atomic mass is 9.92. The molecular formula is C21H30N4O3. The van der Waals surface area contributed by atoms with Crippen LogP contribution in [-0.2, 0) is 16.8 Å². The minimum atomic E-state index is -0.104. The molecule has 0 aliphatic carbocycles. The average molecular weight is 386 g/mol. The lowest BCUT2D eigenvalue weighted by molar-refractivity contribution is -0.117. The number of hydrogen-bond acceptors (Lipinski definition) is 6. The van der Waals surface area contributed by atoms with Gasteiger partial charge in [-0.3, -0.25) is 19.9 Å². The molecule has 0 bridgehead atoms. The van der Waals surface area contributed by atoms with Crippen molar-refractivity contribution in [3.63, 3.8) is 0 Å². The van der Waals surface area contributed by atoms with E-state index in [-0.39, 0.29) is 11.3 Å². The van der Waals surface area contributed by atoms with Crippen molar-refractivity contribution in [1.82, 2.24) is 15.0 Å². The van der Waals surface area contributed by atoms with Crippen LogP contribution in [0.5, 0.6) is 5.75 Å². The molecule has 2 heterocycles. The van der Waals surface area contributed by atoms with Gasteiger partial charge in [0, 0.05) is 44.2 Å². The number of piperazine rings is 1. The Hall–Kier alpha value is -2.38. The van der Waals surface area contributed by atoms with Gasteiger partial charge in [-0.25, -0.2) is 0 Å². The molecule has 3 rings (SSSR count). The highest BCUT2D eigenvalue weighted by atomic mass is 16.5. The second-order valence-electron chi connectivity index (χ2n) is 8.27. The quantitative estimate of drug-likeness (QED) is 0.823. The van der Waals surface area contributed by atoms with Crippen LogP contribution < -0.4 is 10.1 Å². The first-order valence-electron chi connectivity index (χ1n) is 9.68. The SMILES string of the molecule is COc1ccc(CN2CCN(CC(=O)Nc3cc(C(C)(C)C)no3)CC2)cc1. The second kappa shape index (κ2) is 8.75. The van der Waals surface area contributed by atoms with Crippen molar-refractivity contribution in [2.24, 2.45) is 0 Å². The van der Waals surface area contributed by atoms with Crippen molar-refractivity contribution in [2.75, 3.05) is 45.2 Å². The van der Waals surface area contributed by atoms with E-state index in [2.05, 4.69) is 53.2 Å². The maximum Gasteiger partial charge on any atom is 0.240 e. The van der Waals surface area contributed by atoms with Crippen LogP contribution >= 0.6 is 0 Å². The summed E-state index contributed by atoms with van der Waals surface area (Å²) in [4.78, 5) is 16.9. The monoisotopic (exact) mass is 386 g/mol. The van der Waals surface area contributed by atoms with Crippen molar-refractivity contribution in [1.29, 1.82) is 0 Å². The molecule has 0 radical (unpaired) electrons. The topological polar surface area (TPSA) is 70.8 Å². The Morgan fingerprint density at radius 3 is 2.36 bits per heavy atom. The first-order chi connectivity index (χ1) is 13.3. The minimum Gasteiger partial charge on any atom is -0.497 e. The van der Waals surface area contributed by atoms with Gasteiger partial charge in [-0.05, 0) is 17.7 Å². The van der Waals surface area contributed by atoms with Gasteiger partial charge in [-0.2, -0.15) is 0 Å². The number of methoxy groups -OCH3 is 1. The number of anilines is 1. The summed E-state index contributed by atoms with van der Waals surface area (Å²) < 4.78 is 10.4. The zero-order valence-electron chi connectivity index (χ0n) is 17.2. The minimum absolute atomic E-state index is 0.0692. The molecule has 0 atom stereocenters. The number of benzene rings is 1. The maximum absolute atomic E-state index is 12.3. The highest BCUT2D eigenvalue weighted by molar-refractivity contribution is 5.91. The number of rotatable bonds is 6. The summed E-state index contributed by atoms with van der Waals surface area (Å²) in [7, 11) is 1.68. The van der Waals surface area contributed by atoms with Crippen molar-refractivity contribution in [3.8, 4) is 5.75 Å². The lowest BCUT2D eigenvalue weighted by Crippen LogP contribution is -2.48. The summed E-state index contributed by atoms with van der Waals surface area (Å²) in [6.07, 6.45) is 0. The average Bonchev–Trinajstić information content (AvgIpc) is 3.13.